The zero-order chi connectivity index (χ0) is 11.5. The highest BCUT2D eigenvalue weighted by Gasteiger charge is 2.21. The number of ketones is 1. The van der Waals surface area contributed by atoms with Crippen molar-refractivity contribution in [2.45, 2.75) is 25.3 Å². The van der Waals surface area contributed by atoms with Crippen molar-refractivity contribution in [3.63, 3.8) is 0 Å². The van der Waals surface area contributed by atoms with Crippen LogP contribution in [-0.2, 0) is 11.2 Å². The van der Waals surface area contributed by atoms with E-state index in [4.69, 9.17) is 11.6 Å². The molecule has 0 spiro atoms. The molecule has 0 atom stereocenters. The maximum atomic E-state index is 13.4. The predicted octanol–water partition coefficient (Wildman–Crippen LogP) is 2.34. The number of rotatable bonds is 5. The molecule has 0 unspecified atom stereocenters. The molecule has 0 heterocycles. The molecule has 1 aliphatic rings. The van der Waals surface area contributed by atoms with Gasteiger partial charge in [-0.05, 0) is 30.5 Å². The van der Waals surface area contributed by atoms with Gasteiger partial charge in [-0.1, -0.05) is 17.7 Å². The normalized spacial score (nSPS) is 15.1. The van der Waals surface area contributed by atoms with Gasteiger partial charge in [0.1, 0.15) is 5.82 Å². The van der Waals surface area contributed by atoms with E-state index >= 15 is 0 Å². The molecule has 16 heavy (non-hydrogen) atoms. The van der Waals surface area contributed by atoms with E-state index < -0.39 is 5.82 Å². The summed E-state index contributed by atoms with van der Waals surface area (Å²) in [7, 11) is 0. The average Bonchev–Trinajstić information content (AvgIpc) is 3.03. The van der Waals surface area contributed by atoms with Crippen LogP contribution in [0.5, 0.6) is 0 Å². The summed E-state index contributed by atoms with van der Waals surface area (Å²) in [6, 6.07) is 4.89. The molecule has 4 heteroatoms. The van der Waals surface area contributed by atoms with Crippen molar-refractivity contribution in [2.24, 2.45) is 0 Å². The predicted molar refractivity (Wildman–Crippen MR) is 61.1 cm³/mol. The molecular weight excluding hydrogens is 229 g/mol. The molecule has 0 aromatic heterocycles. The van der Waals surface area contributed by atoms with Gasteiger partial charge in [-0.3, -0.25) is 4.79 Å². The molecule has 1 saturated carbocycles. The van der Waals surface area contributed by atoms with Crippen molar-refractivity contribution in [1.82, 2.24) is 5.32 Å². The molecule has 1 aromatic rings. The van der Waals surface area contributed by atoms with Crippen LogP contribution >= 0.6 is 11.6 Å². The van der Waals surface area contributed by atoms with Crippen molar-refractivity contribution < 1.29 is 9.18 Å². The van der Waals surface area contributed by atoms with E-state index in [1.807, 2.05) is 0 Å². The van der Waals surface area contributed by atoms with E-state index in [2.05, 4.69) is 5.32 Å². The number of hydrogen-bond donors (Lipinski definition) is 1. The summed E-state index contributed by atoms with van der Waals surface area (Å²) in [5.41, 5.74) is 0.409. The minimum atomic E-state index is -0.410. The van der Waals surface area contributed by atoms with Crippen LogP contribution in [0, 0.1) is 5.82 Å². The van der Waals surface area contributed by atoms with Gasteiger partial charge in [0, 0.05) is 17.5 Å². The van der Waals surface area contributed by atoms with Crippen molar-refractivity contribution in [3.8, 4) is 0 Å². The molecule has 1 aliphatic carbocycles. The van der Waals surface area contributed by atoms with Crippen LogP contribution in [0.15, 0.2) is 18.2 Å². The third-order valence-corrected chi connectivity index (χ3v) is 2.80. The summed E-state index contributed by atoms with van der Waals surface area (Å²) in [4.78, 5) is 11.5. The Morgan fingerprint density at radius 3 is 2.88 bits per heavy atom. The molecule has 0 aliphatic heterocycles. The molecule has 86 valence electrons. The third-order valence-electron chi connectivity index (χ3n) is 2.57. The summed E-state index contributed by atoms with van der Waals surface area (Å²) in [5, 5.41) is 3.46. The number of benzene rings is 1. The second kappa shape index (κ2) is 4.93. The lowest BCUT2D eigenvalue weighted by Crippen LogP contribution is -2.26. The highest BCUT2D eigenvalue weighted by atomic mass is 35.5. The minimum absolute atomic E-state index is 0.00752. The summed E-state index contributed by atoms with van der Waals surface area (Å²) >= 11 is 5.63. The SMILES string of the molecule is O=C(CNC1CC1)Cc1ccc(Cl)cc1F. The van der Waals surface area contributed by atoms with Gasteiger partial charge < -0.3 is 5.32 Å². The average molecular weight is 242 g/mol. The number of carbonyl (C=O) groups excluding carboxylic acids is 1. The fourth-order valence-corrected chi connectivity index (χ4v) is 1.64. The first-order chi connectivity index (χ1) is 7.65. The Bertz CT molecular complexity index is 404. The van der Waals surface area contributed by atoms with E-state index in [9.17, 15) is 9.18 Å². The van der Waals surface area contributed by atoms with Crippen LogP contribution in [0.2, 0.25) is 5.02 Å². The highest BCUT2D eigenvalue weighted by molar-refractivity contribution is 6.30. The fourth-order valence-electron chi connectivity index (χ4n) is 1.49. The Kier molecular flexibility index (Phi) is 3.56. The molecule has 2 nitrogen and oxygen atoms in total. The van der Waals surface area contributed by atoms with Crippen LogP contribution < -0.4 is 5.32 Å². The number of nitrogens with one attached hydrogen (secondary N) is 1. The second-order valence-electron chi connectivity index (χ2n) is 4.11. The van der Waals surface area contributed by atoms with E-state index in [0.29, 0.717) is 23.2 Å². The summed E-state index contributed by atoms with van der Waals surface area (Å²) in [5.74, 6) is -0.402. The van der Waals surface area contributed by atoms with Gasteiger partial charge in [-0.25, -0.2) is 4.39 Å². The molecular formula is C12H13ClFNO. The van der Waals surface area contributed by atoms with Crippen molar-refractivity contribution in [2.75, 3.05) is 6.54 Å². The van der Waals surface area contributed by atoms with Gasteiger partial charge >= 0.3 is 0 Å². The lowest BCUT2D eigenvalue weighted by atomic mass is 10.1. The Hall–Kier alpha value is -0.930. The van der Waals surface area contributed by atoms with E-state index in [1.165, 1.54) is 6.07 Å². The zero-order valence-electron chi connectivity index (χ0n) is 8.80. The Morgan fingerprint density at radius 1 is 1.50 bits per heavy atom. The Labute approximate surface area is 98.8 Å². The van der Waals surface area contributed by atoms with E-state index in [0.717, 1.165) is 12.8 Å². The monoisotopic (exact) mass is 241 g/mol. The summed E-state index contributed by atoms with van der Waals surface area (Å²) in [6.07, 6.45) is 2.41. The van der Waals surface area contributed by atoms with E-state index in [1.54, 1.807) is 12.1 Å². The van der Waals surface area contributed by atoms with Crippen molar-refractivity contribution in [1.29, 1.82) is 0 Å². The number of hydrogen-bond acceptors (Lipinski definition) is 2. The number of carbonyl (C=O) groups is 1. The van der Waals surface area contributed by atoms with Crippen molar-refractivity contribution >= 4 is 17.4 Å². The molecule has 1 N–H and O–H groups in total. The molecule has 2 rings (SSSR count). The molecule has 0 bridgehead atoms. The largest absolute Gasteiger partial charge is 0.307 e. The van der Waals surface area contributed by atoms with Crippen LogP contribution in [0.1, 0.15) is 18.4 Å². The zero-order valence-corrected chi connectivity index (χ0v) is 9.56. The van der Waals surface area contributed by atoms with Crippen LogP contribution in [0.3, 0.4) is 0 Å². The van der Waals surface area contributed by atoms with Gasteiger partial charge in [0.25, 0.3) is 0 Å². The Balaban J connectivity index is 1.89. The smallest absolute Gasteiger partial charge is 0.151 e. The number of Topliss-reactive ketones (excluding diaryl/α,β-unsaturated/α-hetero) is 1. The maximum absolute atomic E-state index is 13.4. The summed E-state index contributed by atoms with van der Waals surface area (Å²) < 4.78 is 13.4. The lowest BCUT2D eigenvalue weighted by molar-refractivity contribution is -0.117. The first-order valence-corrected chi connectivity index (χ1v) is 5.72. The first-order valence-electron chi connectivity index (χ1n) is 5.34. The minimum Gasteiger partial charge on any atom is -0.307 e. The van der Waals surface area contributed by atoms with Gasteiger partial charge in [-0.15, -0.1) is 0 Å². The first kappa shape index (κ1) is 11.6. The third kappa shape index (κ3) is 3.29. The molecule has 1 aromatic carbocycles. The topological polar surface area (TPSA) is 29.1 Å². The van der Waals surface area contributed by atoms with Crippen molar-refractivity contribution in [3.05, 3.63) is 34.6 Å². The second-order valence-corrected chi connectivity index (χ2v) is 4.54. The fraction of sp³-hybridized carbons (Fsp3) is 0.417. The molecule has 0 amide bonds. The van der Waals surface area contributed by atoms with Gasteiger partial charge in [-0.2, -0.15) is 0 Å². The summed E-state index contributed by atoms with van der Waals surface area (Å²) in [6.45, 7) is 0.326. The van der Waals surface area contributed by atoms with Gasteiger partial charge in [0.2, 0.25) is 0 Å². The van der Waals surface area contributed by atoms with Crippen LogP contribution in [-0.4, -0.2) is 18.4 Å². The lowest BCUT2D eigenvalue weighted by Gasteiger charge is -2.04. The maximum Gasteiger partial charge on any atom is 0.151 e. The molecule has 0 saturated heterocycles. The highest BCUT2D eigenvalue weighted by Crippen LogP contribution is 2.18. The van der Waals surface area contributed by atoms with Crippen LogP contribution in [0.25, 0.3) is 0 Å². The quantitative estimate of drug-likeness (QED) is 0.858. The molecule has 1 fully saturated rings. The number of halogens is 2. The van der Waals surface area contributed by atoms with Gasteiger partial charge in [0.15, 0.2) is 5.78 Å². The van der Waals surface area contributed by atoms with Gasteiger partial charge in [0.05, 0.1) is 6.54 Å². The standard InChI is InChI=1S/C12H13ClFNO/c13-9-2-1-8(12(14)6-9)5-11(16)7-15-10-3-4-10/h1-2,6,10,15H,3-5,7H2. The molecule has 0 radical (unpaired) electrons. The Morgan fingerprint density at radius 2 is 2.25 bits per heavy atom. The van der Waals surface area contributed by atoms with E-state index in [-0.39, 0.29) is 12.2 Å². The van der Waals surface area contributed by atoms with Crippen LogP contribution in [0.4, 0.5) is 4.39 Å².